The van der Waals surface area contributed by atoms with Gasteiger partial charge in [0.15, 0.2) is 0 Å². The lowest BCUT2D eigenvalue weighted by Crippen LogP contribution is -2.39. The van der Waals surface area contributed by atoms with Crippen molar-refractivity contribution in [2.24, 2.45) is 10.8 Å². The lowest BCUT2D eigenvalue weighted by molar-refractivity contribution is -0.127. The van der Waals surface area contributed by atoms with Crippen molar-refractivity contribution in [2.75, 3.05) is 0 Å². The molecule has 0 rings (SSSR count). The molecule has 0 aromatic rings. The van der Waals surface area contributed by atoms with Crippen molar-refractivity contribution in [1.29, 1.82) is 0 Å². The Hall–Kier alpha value is -0.0400. The molecule has 0 aromatic heterocycles. The molecule has 0 aromatic carbocycles. The lowest BCUT2D eigenvalue weighted by Gasteiger charge is -2.40. The first kappa shape index (κ1) is 12.0. The molecular formula is C10H19ClO. The summed E-state index contributed by atoms with van der Waals surface area (Å²) in [6.07, 6.45) is 1.63. The van der Waals surface area contributed by atoms with Crippen LogP contribution in [0.2, 0.25) is 0 Å². The van der Waals surface area contributed by atoms with Crippen molar-refractivity contribution in [2.45, 2.75) is 47.5 Å². The number of hydrogen-bond acceptors (Lipinski definition) is 1. The Morgan fingerprint density at radius 3 is 1.50 bits per heavy atom. The van der Waals surface area contributed by atoms with E-state index in [4.69, 9.17) is 11.6 Å². The van der Waals surface area contributed by atoms with Crippen molar-refractivity contribution < 1.29 is 4.79 Å². The van der Waals surface area contributed by atoms with E-state index in [1.807, 2.05) is 13.8 Å². The predicted octanol–water partition coefficient (Wildman–Crippen LogP) is 3.60. The van der Waals surface area contributed by atoms with E-state index in [-0.39, 0.29) is 16.1 Å². The maximum atomic E-state index is 11.3. The monoisotopic (exact) mass is 190 g/mol. The highest BCUT2D eigenvalue weighted by Gasteiger charge is 2.44. The molecule has 0 saturated carbocycles. The highest BCUT2D eigenvalue weighted by Crippen LogP contribution is 2.45. The van der Waals surface area contributed by atoms with Crippen molar-refractivity contribution in [3.63, 3.8) is 0 Å². The van der Waals surface area contributed by atoms with E-state index in [0.29, 0.717) is 0 Å². The van der Waals surface area contributed by atoms with E-state index in [1.165, 1.54) is 0 Å². The topological polar surface area (TPSA) is 17.1 Å². The molecule has 1 nitrogen and oxygen atoms in total. The Labute approximate surface area is 80.5 Å². The van der Waals surface area contributed by atoms with Crippen molar-refractivity contribution in [3.8, 4) is 0 Å². The average Bonchev–Trinajstić information content (AvgIpc) is 1.87. The molecule has 0 aliphatic carbocycles. The van der Waals surface area contributed by atoms with Crippen LogP contribution >= 0.6 is 11.6 Å². The van der Waals surface area contributed by atoms with Gasteiger partial charge in [-0.15, -0.1) is 0 Å². The molecule has 2 heteroatoms. The zero-order valence-corrected chi connectivity index (χ0v) is 9.46. The van der Waals surface area contributed by atoms with Gasteiger partial charge in [-0.2, -0.15) is 0 Å². The molecule has 0 aliphatic heterocycles. The van der Waals surface area contributed by atoms with E-state index in [2.05, 4.69) is 20.8 Å². The van der Waals surface area contributed by atoms with Gasteiger partial charge in [-0.1, -0.05) is 34.6 Å². The Morgan fingerprint density at radius 2 is 1.50 bits per heavy atom. The summed E-state index contributed by atoms with van der Waals surface area (Å²) in [5.74, 6) is 0. The molecule has 0 saturated heterocycles. The van der Waals surface area contributed by atoms with Crippen molar-refractivity contribution in [3.05, 3.63) is 0 Å². The minimum absolute atomic E-state index is 0.0463. The average molecular weight is 191 g/mol. The predicted molar refractivity (Wildman–Crippen MR) is 53.3 cm³/mol. The highest BCUT2D eigenvalue weighted by molar-refractivity contribution is 6.64. The first-order valence-corrected chi connectivity index (χ1v) is 4.89. The van der Waals surface area contributed by atoms with Gasteiger partial charge in [0.25, 0.3) is 0 Å². The largest absolute Gasteiger partial charge is 0.281 e. The summed E-state index contributed by atoms with van der Waals surface area (Å²) in [7, 11) is 0. The molecular weight excluding hydrogens is 172 g/mol. The quantitative estimate of drug-likeness (QED) is 0.622. The van der Waals surface area contributed by atoms with Gasteiger partial charge in [0.05, 0.1) is 0 Å². The first-order valence-electron chi connectivity index (χ1n) is 4.51. The van der Waals surface area contributed by atoms with Gasteiger partial charge in [-0.3, -0.25) is 4.79 Å². The van der Waals surface area contributed by atoms with Crippen molar-refractivity contribution in [1.82, 2.24) is 0 Å². The lowest BCUT2D eigenvalue weighted by atomic mass is 9.64. The normalized spacial score (nSPS) is 13.2. The molecule has 0 heterocycles. The SMILES string of the molecule is CCC(CC)(C(=O)Cl)C(C)(C)C. The number of carbonyl (C=O) groups excluding carboxylic acids is 1. The van der Waals surface area contributed by atoms with Gasteiger partial charge >= 0.3 is 0 Å². The standard InChI is InChI=1S/C10H19ClO/c1-6-10(7-2,8(11)12)9(3,4)5/h6-7H2,1-5H3. The fourth-order valence-corrected chi connectivity index (χ4v) is 2.43. The van der Waals surface area contributed by atoms with Gasteiger partial charge < -0.3 is 0 Å². The molecule has 72 valence electrons. The third kappa shape index (κ3) is 1.82. The van der Waals surface area contributed by atoms with Crippen LogP contribution in [0.15, 0.2) is 0 Å². The molecule has 0 atom stereocenters. The van der Waals surface area contributed by atoms with Crippen molar-refractivity contribution >= 4 is 16.8 Å². The minimum atomic E-state index is -0.353. The maximum Gasteiger partial charge on any atom is 0.228 e. The second-order valence-electron chi connectivity index (χ2n) is 4.31. The van der Waals surface area contributed by atoms with Crippen LogP contribution in [-0.2, 0) is 4.79 Å². The summed E-state index contributed by atoms with van der Waals surface area (Å²) >= 11 is 5.65. The van der Waals surface area contributed by atoms with E-state index < -0.39 is 0 Å². The second-order valence-corrected chi connectivity index (χ2v) is 4.66. The molecule has 0 radical (unpaired) electrons. The van der Waals surface area contributed by atoms with Gasteiger partial charge in [-0.05, 0) is 29.9 Å². The molecule has 0 bridgehead atoms. The molecule has 0 aliphatic rings. The summed E-state index contributed by atoms with van der Waals surface area (Å²) < 4.78 is 0. The molecule has 0 fully saturated rings. The Balaban J connectivity index is 4.97. The van der Waals surface area contributed by atoms with E-state index in [9.17, 15) is 4.79 Å². The van der Waals surface area contributed by atoms with E-state index in [0.717, 1.165) is 12.8 Å². The van der Waals surface area contributed by atoms with Gasteiger partial charge in [-0.25, -0.2) is 0 Å². The maximum absolute atomic E-state index is 11.3. The number of halogens is 1. The fraction of sp³-hybridized carbons (Fsp3) is 0.900. The summed E-state index contributed by atoms with van der Waals surface area (Å²) in [5.41, 5.74) is -0.399. The Kier molecular flexibility index (Phi) is 3.77. The van der Waals surface area contributed by atoms with Crippen LogP contribution in [0.4, 0.5) is 0 Å². The smallest absolute Gasteiger partial charge is 0.228 e. The second kappa shape index (κ2) is 3.78. The molecule has 0 N–H and O–H groups in total. The molecule has 0 spiro atoms. The van der Waals surface area contributed by atoms with E-state index >= 15 is 0 Å². The molecule has 12 heavy (non-hydrogen) atoms. The first-order chi connectivity index (χ1) is 5.31. The zero-order valence-electron chi connectivity index (χ0n) is 8.70. The number of rotatable bonds is 3. The fourth-order valence-electron chi connectivity index (χ4n) is 1.88. The van der Waals surface area contributed by atoms with Crippen LogP contribution in [0, 0.1) is 10.8 Å². The summed E-state index contributed by atoms with van der Waals surface area (Å²) in [6, 6.07) is 0. The van der Waals surface area contributed by atoms with Gasteiger partial charge in [0, 0.05) is 5.41 Å². The van der Waals surface area contributed by atoms with Crippen LogP contribution in [0.1, 0.15) is 47.5 Å². The molecule has 0 unspecified atom stereocenters. The third-order valence-corrected chi connectivity index (χ3v) is 3.38. The van der Waals surface area contributed by atoms with Crippen LogP contribution < -0.4 is 0 Å². The van der Waals surface area contributed by atoms with E-state index in [1.54, 1.807) is 0 Å². The zero-order chi connectivity index (χ0) is 9.99. The van der Waals surface area contributed by atoms with Crippen LogP contribution in [-0.4, -0.2) is 5.24 Å². The highest BCUT2D eigenvalue weighted by atomic mass is 35.5. The summed E-state index contributed by atoms with van der Waals surface area (Å²) in [5, 5.41) is -0.194. The summed E-state index contributed by atoms with van der Waals surface area (Å²) in [4.78, 5) is 11.3. The van der Waals surface area contributed by atoms with Gasteiger partial charge in [0.1, 0.15) is 0 Å². The summed E-state index contributed by atoms with van der Waals surface area (Å²) in [6.45, 7) is 10.3. The Morgan fingerprint density at radius 1 is 1.17 bits per heavy atom. The Bertz CT molecular complexity index is 163. The van der Waals surface area contributed by atoms with Gasteiger partial charge in [0.2, 0.25) is 5.24 Å². The third-order valence-electron chi connectivity index (χ3n) is 3.02. The van der Waals surface area contributed by atoms with Crippen LogP contribution in [0.5, 0.6) is 0 Å². The van der Waals surface area contributed by atoms with Crippen LogP contribution in [0.25, 0.3) is 0 Å². The van der Waals surface area contributed by atoms with Crippen LogP contribution in [0.3, 0.4) is 0 Å². The minimum Gasteiger partial charge on any atom is -0.281 e. The molecule has 0 amide bonds. The number of hydrogen-bond donors (Lipinski definition) is 0. The number of carbonyl (C=O) groups is 1.